The fourth-order valence-electron chi connectivity index (χ4n) is 1.11. The lowest BCUT2D eigenvalue weighted by Crippen LogP contribution is -1.96. The molecule has 0 saturated carbocycles. The van der Waals surface area contributed by atoms with E-state index in [0.29, 0.717) is 10.0 Å². The van der Waals surface area contributed by atoms with Crippen molar-refractivity contribution in [2.75, 3.05) is 6.54 Å². The van der Waals surface area contributed by atoms with E-state index >= 15 is 0 Å². The van der Waals surface area contributed by atoms with Crippen LogP contribution in [0, 0.1) is 11.8 Å². The zero-order chi connectivity index (χ0) is 11.1. The molecule has 0 aliphatic carbocycles. The minimum Gasteiger partial charge on any atom is -0.330 e. The molecule has 1 rings (SSSR count). The Balaban J connectivity index is 2.59. The van der Waals surface area contributed by atoms with Gasteiger partial charge in [0.15, 0.2) is 0 Å². The first kappa shape index (κ1) is 12.4. The molecule has 80 valence electrons. The minimum atomic E-state index is 0.644. The number of rotatable bonds is 3. The van der Waals surface area contributed by atoms with Crippen molar-refractivity contribution in [3.63, 3.8) is 0 Å². The lowest BCUT2D eigenvalue weighted by Gasteiger charge is -1.95. The third-order valence-electron chi connectivity index (χ3n) is 1.91. The van der Waals surface area contributed by atoms with Gasteiger partial charge in [0.2, 0.25) is 0 Å². The number of unbranched alkanes of at least 4 members (excludes halogenated alkanes) is 2. The molecule has 0 amide bonds. The summed E-state index contributed by atoms with van der Waals surface area (Å²) in [5.41, 5.74) is 6.17. The van der Waals surface area contributed by atoms with Crippen LogP contribution in [0.3, 0.4) is 0 Å². The van der Waals surface area contributed by atoms with Crippen molar-refractivity contribution in [2.24, 2.45) is 5.73 Å². The van der Waals surface area contributed by atoms with E-state index in [9.17, 15) is 0 Å². The van der Waals surface area contributed by atoms with Crippen molar-refractivity contribution in [1.82, 2.24) is 0 Å². The largest absolute Gasteiger partial charge is 0.330 e. The van der Waals surface area contributed by atoms with Gasteiger partial charge in [-0.3, -0.25) is 0 Å². The van der Waals surface area contributed by atoms with Crippen LogP contribution in [0.25, 0.3) is 0 Å². The Hall–Kier alpha value is -0.680. The van der Waals surface area contributed by atoms with E-state index in [1.165, 1.54) is 0 Å². The van der Waals surface area contributed by atoms with E-state index in [2.05, 4.69) is 11.8 Å². The molecule has 1 aromatic carbocycles. The number of hydrogen-bond acceptors (Lipinski definition) is 1. The van der Waals surface area contributed by atoms with Crippen LogP contribution in [0.15, 0.2) is 18.2 Å². The van der Waals surface area contributed by atoms with Gasteiger partial charge < -0.3 is 5.73 Å². The van der Waals surface area contributed by atoms with E-state index in [1.807, 2.05) is 0 Å². The summed E-state index contributed by atoms with van der Waals surface area (Å²) < 4.78 is 0. The maximum absolute atomic E-state index is 5.96. The molecule has 0 unspecified atom stereocenters. The van der Waals surface area contributed by atoms with Crippen LogP contribution in [-0.2, 0) is 0 Å². The summed E-state index contributed by atoms with van der Waals surface area (Å²) >= 11 is 11.8. The van der Waals surface area contributed by atoms with Gasteiger partial charge in [0, 0.05) is 17.0 Å². The molecule has 0 bridgehead atoms. The molecule has 0 radical (unpaired) electrons. The third kappa shape index (κ3) is 4.57. The molecule has 0 heterocycles. The van der Waals surface area contributed by atoms with E-state index in [0.717, 1.165) is 31.4 Å². The van der Waals surface area contributed by atoms with Crippen molar-refractivity contribution in [2.45, 2.75) is 19.3 Å². The average Bonchev–Trinajstić information content (AvgIpc) is 2.23. The van der Waals surface area contributed by atoms with Crippen LogP contribution < -0.4 is 5.73 Å². The molecule has 1 nitrogen and oxygen atoms in total. The molecule has 1 aromatic rings. The van der Waals surface area contributed by atoms with Gasteiger partial charge in [-0.25, -0.2) is 0 Å². The third-order valence-corrected chi connectivity index (χ3v) is 2.47. The Morgan fingerprint density at radius 1 is 1.20 bits per heavy atom. The maximum Gasteiger partial charge on any atom is 0.0563 e. The van der Waals surface area contributed by atoms with Crippen molar-refractivity contribution >= 4 is 23.2 Å². The highest BCUT2D eigenvalue weighted by Gasteiger charge is 1.96. The van der Waals surface area contributed by atoms with Crippen molar-refractivity contribution in [3.05, 3.63) is 33.8 Å². The van der Waals surface area contributed by atoms with Gasteiger partial charge in [-0.2, -0.15) is 0 Å². The van der Waals surface area contributed by atoms with Crippen molar-refractivity contribution in [1.29, 1.82) is 0 Å². The molecule has 2 N–H and O–H groups in total. The molecule has 0 atom stereocenters. The first-order valence-electron chi connectivity index (χ1n) is 4.88. The summed E-state index contributed by atoms with van der Waals surface area (Å²) in [4.78, 5) is 0. The predicted octanol–water partition coefficient (Wildman–Crippen LogP) is 3.47. The van der Waals surface area contributed by atoms with Crippen molar-refractivity contribution < 1.29 is 0 Å². The smallest absolute Gasteiger partial charge is 0.0563 e. The zero-order valence-electron chi connectivity index (χ0n) is 8.39. The second kappa shape index (κ2) is 6.74. The first-order valence-corrected chi connectivity index (χ1v) is 5.63. The lowest BCUT2D eigenvalue weighted by atomic mass is 10.2. The quantitative estimate of drug-likeness (QED) is 0.637. The number of hydrogen-bond donors (Lipinski definition) is 1. The van der Waals surface area contributed by atoms with E-state index in [4.69, 9.17) is 28.9 Å². The fraction of sp³-hybridized carbons (Fsp3) is 0.333. The van der Waals surface area contributed by atoms with Crippen LogP contribution in [0.5, 0.6) is 0 Å². The second-order valence-corrected chi connectivity index (χ2v) is 4.02. The Morgan fingerprint density at radius 2 is 2.00 bits per heavy atom. The van der Waals surface area contributed by atoms with Gasteiger partial charge in [-0.1, -0.05) is 35.0 Å². The second-order valence-electron chi connectivity index (χ2n) is 3.17. The summed E-state index contributed by atoms with van der Waals surface area (Å²) in [6.07, 6.45) is 2.89. The van der Waals surface area contributed by atoms with Gasteiger partial charge in [0.05, 0.1) is 5.02 Å². The van der Waals surface area contributed by atoms with Gasteiger partial charge >= 0.3 is 0 Å². The number of nitrogens with two attached hydrogens (primary N) is 1. The normalized spacial score (nSPS) is 9.53. The van der Waals surface area contributed by atoms with Crippen molar-refractivity contribution in [3.8, 4) is 11.8 Å². The molecule has 0 spiro atoms. The van der Waals surface area contributed by atoms with Crippen LogP contribution in [0.4, 0.5) is 0 Å². The molecular formula is C12H13Cl2N. The molecule has 0 aromatic heterocycles. The molecule has 15 heavy (non-hydrogen) atoms. The maximum atomic E-state index is 5.96. The number of benzene rings is 1. The molecule has 0 fully saturated rings. The standard InChI is InChI=1S/C12H13Cl2N/c13-11-6-7-12(14)10(9-11)5-3-1-2-4-8-15/h6-7,9H,1-2,4,8,15H2. The first-order chi connectivity index (χ1) is 7.24. The van der Waals surface area contributed by atoms with Gasteiger partial charge in [-0.15, -0.1) is 0 Å². The molecule has 3 heteroatoms. The lowest BCUT2D eigenvalue weighted by molar-refractivity contribution is 0.768. The highest BCUT2D eigenvalue weighted by Crippen LogP contribution is 2.19. The van der Waals surface area contributed by atoms with Gasteiger partial charge in [0.25, 0.3) is 0 Å². The topological polar surface area (TPSA) is 26.0 Å². The average molecular weight is 242 g/mol. The summed E-state index contributed by atoms with van der Waals surface area (Å²) in [7, 11) is 0. The molecular weight excluding hydrogens is 229 g/mol. The Morgan fingerprint density at radius 3 is 2.73 bits per heavy atom. The minimum absolute atomic E-state index is 0.644. The van der Waals surface area contributed by atoms with E-state index in [-0.39, 0.29) is 0 Å². The predicted molar refractivity (Wildman–Crippen MR) is 66.2 cm³/mol. The van der Waals surface area contributed by atoms with Crippen LogP contribution >= 0.6 is 23.2 Å². The highest BCUT2D eigenvalue weighted by molar-refractivity contribution is 6.33. The molecule has 0 saturated heterocycles. The Bertz CT molecular complexity index is 377. The molecule has 0 aliphatic heterocycles. The van der Waals surface area contributed by atoms with E-state index < -0.39 is 0 Å². The van der Waals surface area contributed by atoms with Crippen LogP contribution in [0.1, 0.15) is 24.8 Å². The van der Waals surface area contributed by atoms with Crippen LogP contribution in [-0.4, -0.2) is 6.54 Å². The number of halogens is 2. The summed E-state index contributed by atoms with van der Waals surface area (Å²) in [5, 5.41) is 1.30. The monoisotopic (exact) mass is 241 g/mol. The van der Waals surface area contributed by atoms with Gasteiger partial charge in [-0.05, 0) is 37.6 Å². The fourth-order valence-corrected chi connectivity index (χ4v) is 1.45. The van der Waals surface area contributed by atoms with E-state index in [1.54, 1.807) is 18.2 Å². The summed E-state index contributed by atoms with van der Waals surface area (Å²) in [6.45, 7) is 0.722. The van der Waals surface area contributed by atoms with Crippen LogP contribution in [0.2, 0.25) is 10.0 Å². The molecule has 0 aliphatic rings. The summed E-state index contributed by atoms with van der Waals surface area (Å²) in [5.74, 6) is 6.06. The van der Waals surface area contributed by atoms with Gasteiger partial charge in [0.1, 0.15) is 0 Å². The zero-order valence-corrected chi connectivity index (χ0v) is 9.91. The highest BCUT2D eigenvalue weighted by atomic mass is 35.5. The Kier molecular flexibility index (Phi) is 5.57. The Labute approximate surface area is 101 Å². The SMILES string of the molecule is NCCCCC#Cc1cc(Cl)ccc1Cl. The summed E-state index contributed by atoms with van der Waals surface area (Å²) in [6, 6.07) is 5.29.